The second kappa shape index (κ2) is 7.72. The Bertz CT molecular complexity index is 173. The van der Waals surface area contributed by atoms with Crippen molar-refractivity contribution in [3.63, 3.8) is 0 Å². The van der Waals surface area contributed by atoms with Crippen LogP contribution in [0.5, 0.6) is 0 Å². The fraction of sp³-hybridized carbons (Fsp3) is 0.923. The molecule has 0 aliphatic heterocycles. The summed E-state index contributed by atoms with van der Waals surface area (Å²) in [7, 11) is 0. The average Bonchev–Trinajstić information content (AvgIpc) is 2.08. The molecule has 1 N–H and O–H groups in total. The summed E-state index contributed by atoms with van der Waals surface area (Å²) in [5.74, 6) is -0.675. The lowest BCUT2D eigenvalue weighted by Gasteiger charge is -2.21. The zero-order valence-corrected chi connectivity index (χ0v) is 10.5. The molecule has 0 aromatic heterocycles. The number of carboxylic acid groups (broad SMARTS) is 1. The number of carbonyl (C=O) groups is 1. The van der Waals surface area contributed by atoms with E-state index in [2.05, 4.69) is 6.92 Å². The van der Waals surface area contributed by atoms with Crippen molar-refractivity contribution in [3.8, 4) is 0 Å². The highest BCUT2D eigenvalue weighted by Gasteiger charge is 2.20. The summed E-state index contributed by atoms with van der Waals surface area (Å²) in [5, 5.41) is 8.72. The molecule has 0 aromatic carbocycles. The molecule has 0 aromatic rings. The summed E-state index contributed by atoms with van der Waals surface area (Å²) in [6.45, 7) is 6.32. The van der Waals surface area contributed by atoms with Gasteiger partial charge in [0.05, 0.1) is 6.42 Å². The quantitative estimate of drug-likeness (QED) is 0.583. The molecule has 0 aliphatic rings. The standard InChI is InChI=1S/C13H26O2/c1-4-5-6-7-8-9-10-13(2,3)11-12(14)15/h4-11H2,1-3H3,(H,14,15). The molecule has 15 heavy (non-hydrogen) atoms. The van der Waals surface area contributed by atoms with E-state index < -0.39 is 5.97 Å². The third-order valence-electron chi connectivity index (χ3n) is 2.84. The Morgan fingerprint density at radius 3 is 2.13 bits per heavy atom. The van der Waals surface area contributed by atoms with Crippen LogP contribution >= 0.6 is 0 Å². The molecule has 2 heteroatoms. The minimum atomic E-state index is -0.675. The van der Waals surface area contributed by atoms with Gasteiger partial charge in [-0.15, -0.1) is 0 Å². The molecular formula is C13H26O2. The van der Waals surface area contributed by atoms with Gasteiger partial charge in [0.15, 0.2) is 0 Å². The van der Waals surface area contributed by atoms with Crippen molar-refractivity contribution < 1.29 is 9.90 Å². The van der Waals surface area contributed by atoms with Crippen LogP contribution in [0.25, 0.3) is 0 Å². The smallest absolute Gasteiger partial charge is 0.303 e. The van der Waals surface area contributed by atoms with Crippen LogP contribution in [-0.4, -0.2) is 11.1 Å². The largest absolute Gasteiger partial charge is 0.481 e. The van der Waals surface area contributed by atoms with E-state index in [-0.39, 0.29) is 5.41 Å². The summed E-state index contributed by atoms with van der Waals surface area (Å²) in [6, 6.07) is 0. The van der Waals surface area contributed by atoms with Gasteiger partial charge in [0, 0.05) is 0 Å². The van der Waals surface area contributed by atoms with Crippen molar-refractivity contribution in [2.24, 2.45) is 5.41 Å². The van der Waals surface area contributed by atoms with Crippen LogP contribution < -0.4 is 0 Å². The summed E-state index contributed by atoms with van der Waals surface area (Å²) in [4.78, 5) is 10.6. The summed E-state index contributed by atoms with van der Waals surface area (Å²) < 4.78 is 0. The average molecular weight is 214 g/mol. The molecule has 0 saturated carbocycles. The lowest BCUT2D eigenvalue weighted by atomic mass is 9.83. The van der Waals surface area contributed by atoms with Gasteiger partial charge < -0.3 is 5.11 Å². The van der Waals surface area contributed by atoms with E-state index >= 15 is 0 Å². The molecule has 0 unspecified atom stereocenters. The lowest BCUT2D eigenvalue weighted by molar-refractivity contribution is -0.139. The fourth-order valence-electron chi connectivity index (χ4n) is 1.88. The van der Waals surface area contributed by atoms with Crippen LogP contribution in [0.2, 0.25) is 0 Å². The predicted octanol–water partition coefficient (Wildman–Crippen LogP) is 4.24. The topological polar surface area (TPSA) is 37.3 Å². The third-order valence-corrected chi connectivity index (χ3v) is 2.84. The van der Waals surface area contributed by atoms with Crippen molar-refractivity contribution in [2.75, 3.05) is 0 Å². The van der Waals surface area contributed by atoms with Gasteiger partial charge in [0.1, 0.15) is 0 Å². The van der Waals surface area contributed by atoms with Gasteiger partial charge in [-0.05, 0) is 11.8 Å². The molecule has 0 saturated heterocycles. The van der Waals surface area contributed by atoms with E-state index in [0.29, 0.717) is 6.42 Å². The van der Waals surface area contributed by atoms with Gasteiger partial charge in [0.2, 0.25) is 0 Å². The summed E-state index contributed by atoms with van der Waals surface area (Å²) >= 11 is 0. The molecule has 0 spiro atoms. The molecule has 0 atom stereocenters. The van der Waals surface area contributed by atoms with Gasteiger partial charge in [-0.2, -0.15) is 0 Å². The van der Waals surface area contributed by atoms with Crippen molar-refractivity contribution in [1.29, 1.82) is 0 Å². The molecule has 0 amide bonds. The predicted molar refractivity (Wildman–Crippen MR) is 64.0 cm³/mol. The van der Waals surface area contributed by atoms with Crippen LogP contribution in [0.15, 0.2) is 0 Å². The van der Waals surface area contributed by atoms with Gasteiger partial charge >= 0.3 is 5.97 Å². The van der Waals surface area contributed by atoms with E-state index in [1.165, 1.54) is 38.5 Å². The van der Waals surface area contributed by atoms with E-state index in [1.807, 2.05) is 13.8 Å². The van der Waals surface area contributed by atoms with Crippen LogP contribution in [-0.2, 0) is 4.79 Å². The zero-order valence-electron chi connectivity index (χ0n) is 10.5. The molecule has 0 rings (SSSR count). The summed E-state index contributed by atoms with van der Waals surface area (Å²) in [5.41, 5.74) is -0.0312. The second-order valence-electron chi connectivity index (χ2n) is 5.25. The molecule has 2 nitrogen and oxygen atoms in total. The van der Waals surface area contributed by atoms with Crippen molar-refractivity contribution in [2.45, 2.75) is 72.1 Å². The number of carboxylic acids is 1. The lowest BCUT2D eigenvalue weighted by Crippen LogP contribution is -2.16. The van der Waals surface area contributed by atoms with E-state index in [9.17, 15) is 4.79 Å². The number of unbranched alkanes of at least 4 members (excludes halogenated alkanes) is 5. The van der Waals surface area contributed by atoms with Gasteiger partial charge in [-0.25, -0.2) is 0 Å². The molecule has 90 valence electrons. The van der Waals surface area contributed by atoms with E-state index in [0.717, 1.165) is 6.42 Å². The SMILES string of the molecule is CCCCCCCCC(C)(C)CC(=O)O. The second-order valence-corrected chi connectivity index (χ2v) is 5.25. The first kappa shape index (κ1) is 14.5. The van der Waals surface area contributed by atoms with Crippen LogP contribution in [0, 0.1) is 5.41 Å². The summed E-state index contributed by atoms with van der Waals surface area (Å²) in [6.07, 6.45) is 9.00. The zero-order chi connectivity index (χ0) is 11.7. The molecule has 0 aliphatic carbocycles. The van der Waals surface area contributed by atoms with E-state index in [4.69, 9.17) is 5.11 Å². The Kier molecular flexibility index (Phi) is 7.45. The van der Waals surface area contributed by atoms with Crippen molar-refractivity contribution in [3.05, 3.63) is 0 Å². The maximum atomic E-state index is 10.6. The molecule has 0 bridgehead atoms. The van der Waals surface area contributed by atoms with Crippen LogP contribution in [0.3, 0.4) is 0 Å². The Labute approximate surface area is 94.1 Å². The first-order chi connectivity index (χ1) is 6.98. The Balaban J connectivity index is 3.44. The normalized spacial score (nSPS) is 11.7. The Hall–Kier alpha value is -0.530. The Morgan fingerprint density at radius 2 is 1.60 bits per heavy atom. The first-order valence-corrected chi connectivity index (χ1v) is 6.20. The van der Waals surface area contributed by atoms with Crippen molar-refractivity contribution >= 4 is 5.97 Å². The molecular weight excluding hydrogens is 188 g/mol. The maximum absolute atomic E-state index is 10.6. The molecule has 0 radical (unpaired) electrons. The minimum Gasteiger partial charge on any atom is -0.481 e. The van der Waals surface area contributed by atoms with E-state index in [1.54, 1.807) is 0 Å². The third kappa shape index (κ3) is 9.77. The molecule has 0 fully saturated rings. The first-order valence-electron chi connectivity index (χ1n) is 6.20. The van der Waals surface area contributed by atoms with Crippen molar-refractivity contribution in [1.82, 2.24) is 0 Å². The van der Waals surface area contributed by atoms with Crippen LogP contribution in [0.4, 0.5) is 0 Å². The van der Waals surface area contributed by atoms with Gasteiger partial charge in [-0.3, -0.25) is 4.79 Å². The highest BCUT2D eigenvalue weighted by molar-refractivity contribution is 5.67. The molecule has 0 heterocycles. The number of hydrogen-bond acceptors (Lipinski definition) is 1. The minimum absolute atomic E-state index is 0.0312. The number of hydrogen-bond donors (Lipinski definition) is 1. The highest BCUT2D eigenvalue weighted by Crippen LogP contribution is 2.27. The van der Waals surface area contributed by atoms with Crippen LogP contribution in [0.1, 0.15) is 72.1 Å². The van der Waals surface area contributed by atoms with Gasteiger partial charge in [-0.1, -0.05) is 59.3 Å². The fourth-order valence-corrected chi connectivity index (χ4v) is 1.88. The number of aliphatic carboxylic acids is 1. The number of rotatable bonds is 9. The van der Waals surface area contributed by atoms with Gasteiger partial charge in [0.25, 0.3) is 0 Å². The monoisotopic (exact) mass is 214 g/mol. The Morgan fingerprint density at radius 1 is 1.07 bits per heavy atom. The maximum Gasteiger partial charge on any atom is 0.303 e. The highest BCUT2D eigenvalue weighted by atomic mass is 16.4.